The summed E-state index contributed by atoms with van der Waals surface area (Å²) in [6.07, 6.45) is 9.19. The molecule has 0 aromatic heterocycles. The van der Waals surface area contributed by atoms with Crippen LogP contribution in [-0.4, -0.2) is 43.5 Å². The second kappa shape index (κ2) is 7.25. The standard InChI is InChI=1S/C15H27NO2/c1-18-12-5-4-10-16-11-6-8-14(16)13-7-2-3-9-15(13)17/h13-14H,2-12H2,1H3. The lowest BCUT2D eigenvalue weighted by Crippen LogP contribution is -2.41. The fourth-order valence-corrected chi connectivity index (χ4v) is 3.56. The fraction of sp³-hybridized carbons (Fsp3) is 0.933. The number of ether oxygens (including phenoxy) is 1. The van der Waals surface area contributed by atoms with Gasteiger partial charge in [-0.3, -0.25) is 9.69 Å². The van der Waals surface area contributed by atoms with E-state index in [1.165, 1.54) is 32.2 Å². The number of methoxy groups -OCH3 is 1. The van der Waals surface area contributed by atoms with E-state index in [4.69, 9.17) is 4.74 Å². The number of hydrogen-bond acceptors (Lipinski definition) is 3. The van der Waals surface area contributed by atoms with Crippen molar-refractivity contribution in [2.75, 3.05) is 26.8 Å². The molecule has 0 N–H and O–H groups in total. The molecule has 1 aliphatic heterocycles. The predicted octanol–water partition coefficient (Wildman–Crippen LogP) is 2.64. The summed E-state index contributed by atoms with van der Waals surface area (Å²) >= 11 is 0. The van der Waals surface area contributed by atoms with Crippen LogP contribution in [0.1, 0.15) is 51.4 Å². The number of carbonyl (C=O) groups excluding carboxylic acids is 1. The van der Waals surface area contributed by atoms with E-state index in [0.717, 1.165) is 38.8 Å². The molecular weight excluding hydrogens is 226 g/mol. The van der Waals surface area contributed by atoms with Gasteiger partial charge in [0.25, 0.3) is 0 Å². The highest BCUT2D eigenvalue weighted by molar-refractivity contribution is 5.82. The van der Waals surface area contributed by atoms with Gasteiger partial charge in [0.15, 0.2) is 0 Å². The first kappa shape index (κ1) is 14.0. The Morgan fingerprint density at radius 1 is 1.22 bits per heavy atom. The molecule has 1 heterocycles. The van der Waals surface area contributed by atoms with Crippen LogP contribution in [0.2, 0.25) is 0 Å². The molecule has 0 aromatic carbocycles. The number of rotatable bonds is 6. The van der Waals surface area contributed by atoms with Crippen LogP contribution >= 0.6 is 0 Å². The Hall–Kier alpha value is -0.410. The van der Waals surface area contributed by atoms with E-state index in [2.05, 4.69) is 4.90 Å². The van der Waals surface area contributed by atoms with Crippen LogP contribution in [0.5, 0.6) is 0 Å². The minimum absolute atomic E-state index is 0.351. The lowest BCUT2D eigenvalue weighted by atomic mass is 9.82. The lowest BCUT2D eigenvalue weighted by molar-refractivity contribution is -0.126. The SMILES string of the molecule is COCCCCN1CCCC1C1CCCCC1=O. The molecule has 3 nitrogen and oxygen atoms in total. The third-order valence-corrected chi connectivity index (χ3v) is 4.52. The molecule has 1 saturated carbocycles. The highest BCUT2D eigenvalue weighted by Gasteiger charge is 2.36. The number of carbonyl (C=O) groups is 1. The average Bonchev–Trinajstić information content (AvgIpc) is 2.83. The second-order valence-electron chi connectivity index (χ2n) is 5.76. The van der Waals surface area contributed by atoms with Gasteiger partial charge in [0, 0.05) is 32.1 Å². The Labute approximate surface area is 111 Å². The van der Waals surface area contributed by atoms with Crippen LogP contribution in [-0.2, 0) is 9.53 Å². The van der Waals surface area contributed by atoms with Crippen molar-refractivity contribution in [3.05, 3.63) is 0 Å². The summed E-state index contributed by atoms with van der Waals surface area (Å²) in [5.74, 6) is 0.888. The number of nitrogens with zero attached hydrogens (tertiary/aromatic N) is 1. The minimum atomic E-state index is 0.351. The molecular formula is C15H27NO2. The summed E-state index contributed by atoms with van der Waals surface area (Å²) in [5.41, 5.74) is 0. The molecule has 0 spiro atoms. The average molecular weight is 253 g/mol. The third-order valence-electron chi connectivity index (χ3n) is 4.52. The third kappa shape index (κ3) is 3.55. The largest absolute Gasteiger partial charge is 0.385 e. The number of Topliss-reactive ketones (excluding diaryl/α,β-unsaturated/α-hetero) is 1. The van der Waals surface area contributed by atoms with Crippen LogP contribution in [0.3, 0.4) is 0 Å². The van der Waals surface area contributed by atoms with Gasteiger partial charge >= 0.3 is 0 Å². The number of hydrogen-bond donors (Lipinski definition) is 0. The van der Waals surface area contributed by atoms with E-state index in [9.17, 15) is 4.79 Å². The Morgan fingerprint density at radius 3 is 2.89 bits per heavy atom. The number of likely N-dealkylation sites (tertiary alicyclic amines) is 1. The topological polar surface area (TPSA) is 29.5 Å². The van der Waals surface area contributed by atoms with Crippen molar-refractivity contribution in [2.24, 2.45) is 5.92 Å². The molecule has 1 aliphatic carbocycles. The summed E-state index contributed by atoms with van der Waals surface area (Å²) in [4.78, 5) is 14.6. The van der Waals surface area contributed by atoms with Crippen molar-refractivity contribution in [2.45, 2.75) is 57.4 Å². The fourth-order valence-electron chi connectivity index (χ4n) is 3.56. The van der Waals surface area contributed by atoms with Gasteiger partial charge in [-0.1, -0.05) is 6.42 Å². The van der Waals surface area contributed by atoms with E-state index in [1.807, 2.05) is 0 Å². The molecule has 0 bridgehead atoms. The van der Waals surface area contributed by atoms with Crippen LogP contribution in [0, 0.1) is 5.92 Å². The van der Waals surface area contributed by atoms with E-state index in [-0.39, 0.29) is 0 Å². The number of unbranched alkanes of at least 4 members (excludes halogenated alkanes) is 1. The molecule has 1 saturated heterocycles. The molecule has 2 unspecified atom stereocenters. The highest BCUT2D eigenvalue weighted by Crippen LogP contribution is 2.32. The lowest BCUT2D eigenvalue weighted by Gasteiger charge is -2.33. The van der Waals surface area contributed by atoms with Crippen LogP contribution in [0.4, 0.5) is 0 Å². The van der Waals surface area contributed by atoms with Gasteiger partial charge in [-0.2, -0.15) is 0 Å². The van der Waals surface area contributed by atoms with E-state index < -0.39 is 0 Å². The quantitative estimate of drug-likeness (QED) is 0.682. The second-order valence-corrected chi connectivity index (χ2v) is 5.76. The van der Waals surface area contributed by atoms with Crippen molar-refractivity contribution in [1.29, 1.82) is 0 Å². The van der Waals surface area contributed by atoms with Gasteiger partial charge in [-0.15, -0.1) is 0 Å². The Balaban J connectivity index is 1.80. The Kier molecular flexibility index (Phi) is 5.64. The maximum atomic E-state index is 12.1. The maximum absolute atomic E-state index is 12.1. The molecule has 2 atom stereocenters. The molecule has 2 fully saturated rings. The van der Waals surface area contributed by atoms with Crippen molar-refractivity contribution in [3.8, 4) is 0 Å². The zero-order valence-corrected chi connectivity index (χ0v) is 11.7. The molecule has 0 amide bonds. The molecule has 3 heteroatoms. The first-order chi connectivity index (χ1) is 8.83. The molecule has 18 heavy (non-hydrogen) atoms. The van der Waals surface area contributed by atoms with Gasteiger partial charge in [0.1, 0.15) is 5.78 Å². The smallest absolute Gasteiger partial charge is 0.137 e. The Bertz CT molecular complexity index is 267. The van der Waals surface area contributed by atoms with Gasteiger partial charge < -0.3 is 4.74 Å². The summed E-state index contributed by atoms with van der Waals surface area (Å²) in [7, 11) is 1.76. The first-order valence-corrected chi connectivity index (χ1v) is 7.58. The van der Waals surface area contributed by atoms with E-state index in [1.54, 1.807) is 7.11 Å². The van der Waals surface area contributed by atoms with E-state index >= 15 is 0 Å². The zero-order valence-electron chi connectivity index (χ0n) is 11.7. The molecule has 2 rings (SSSR count). The normalized spacial score (nSPS) is 29.9. The number of ketones is 1. The van der Waals surface area contributed by atoms with Crippen molar-refractivity contribution < 1.29 is 9.53 Å². The van der Waals surface area contributed by atoms with Crippen LogP contribution in [0.15, 0.2) is 0 Å². The molecule has 0 radical (unpaired) electrons. The van der Waals surface area contributed by atoms with Gasteiger partial charge in [0.2, 0.25) is 0 Å². The van der Waals surface area contributed by atoms with Gasteiger partial charge in [-0.25, -0.2) is 0 Å². The predicted molar refractivity (Wildman–Crippen MR) is 72.7 cm³/mol. The van der Waals surface area contributed by atoms with Crippen molar-refractivity contribution >= 4 is 5.78 Å². The highest BCUT2D eigenvalue weighted by atomic mass is 16.5. The maximum Gasteiger partial charge on any atom is 0.137 e. The molecule has 2 aliphatic rings. The van der Waals surface area contributed by atoms with E-state index in [0.29, 0.717) is 17.7 Å². The van der Waals surface area contributed by atoms with Gasteiger partial charge in [-0.05, 0) is 51.6 Å². The molecule has 104 valence electrons. The van der Waals surface area contributed by atoms with Crippen molar-refractivity contribution in [3.63, 3.8) is 0 Å². The summed E-state index contributed by atoms with van der Waals surface area (Å²) < 4.78 is 5.09. The summed E-state index contributed by atoms with van der Waals surface area (Å²) in [6.45, 7) is 3.21. The summed E-state index contributed by atoms with van der Waals surface area (Å²) in [6, 6.07) is 0.556. The zero-order chi connectivity index (χ0) is 12.8. The van der Waals surface area contributed by atoms with Crippen LogP contribution < -0.4 is 0 Å². The first-order valence-electron chi connectivity index (χ1n) is 7.58. The van der Waals surface area contributed by atoms with Crippen molar-refractivity contribution in [1.82, 2.24) is 4.90 Å². The minimum Gasteiger partial charge on any atom is -0.385 e. The summed E-state index contributed by atoms with van der Waals surface area (Å²) in [5, 5.41) is 0. The Morgan fingerprint density at radius 2 is 2.11 bits per heavy atom. The molecule has 0 aromatic rings. The monoisotopic (exact) mass is 253 g/mol. The van der Waals surface area contributed by atoms with Gasteiger partial charge in [0.05, 0.1) is 0 Å². The van der Waals surface area contributed by atoms with Crippen LogP contribution in [0.25, 0.3) is 0 Å².